The van der Waals surface area contributed by atoms with E-state index >= 15 is 0 Å². The minimum atomic E-state index is 0.838. The molecule has 0 aliphatic heterocycles. The highest BCUT2D eigenvalue weighted by Gasteiger charge is 1.93. The van der Waals surface area contributed by atoms with E-state index in [0.717, 1.165) is 38.2 Å². The van der Waals surface area contributed by atoms with Gasteiger partial charge in [-0.2, -0.15) is 0 Å². The molecule has 2 heteroatoms. The van der Waals surface area contributed by atoms with Crippen LogP contribution < -0.4 is 5.73 Å². The summed E-state index contributed by atoms with van der Waals surface area (Å²) in [6.07, 6.45) is 4.56. The van der Waals surface area contributed by atoms with Gasteiger partial charge in [-0.15, -0.1) is 0 Å². The molecule has 0 aliphatic rings. The first kappa shape index (κ1) is 12.1. The molecule has 0 unspecified atom stereocenters. The van der Waals surface area contributed by atoms with Crippen molar-refractivity contribution in [1.29, 1.82) is 0 Å². The van der Waals surface area contributed by atoms with E-state index in [9.17, 15) is 0 Å². The van der Waals surface area contributed by atoms with E-state index in [1.165, 1.54) is 12.0 Å². The van der Waals surface area contributed by atoms with Crippen LogP contribution in [0.5, 0.6) is 0 Å². The van der Waals surface area contributed by atoms with Gasteiger partial charge in [0.1, 0.15) is 0 Å². The summed E-state index contributed by atoms with van der Waals surface area (Å²) in [5.74, 6) is 0. The number of unbranched alkanes of at least 4 members (excludes halogenated alkanes) is 1. The molecular formula is C13H21NO. The lowest BCUT2D eigenvalue weighted by molar-refractivity contribution is 0.131. The first-order valence-electron chi connectivity index (χ1n) is 5.75. The summed E-state index contributed by atoms with van der Waals surface area (Å²) in [5.41, 5.74) is 7.82. The molecule has 2 nitrogen and oxygen atoms in total. The Bertz CT molecular complexity index is 256. The molecule has 15 heavy (non-hydrogen) atoms. The lowest BCUT2D eigenvalue weighted by Gasteiger charge is -2.03. The van der Waals surface area contributed by atoms with Gasteiger partial charge in [-0.3, -0.25) is 0 Å². The number of rotatable bonds is 7. The molecule has 0 aliphatic carbocycles. The Morgan fingerprint density at radius 3 is 2.47 bits per heavy atom. The van der Waals surface area contributed by atoms with Gasteiger partial charge in [-0.05, 0) is 43.4 Å². The van der Waals surface area contributed by atoms with E-state index in [2.05, 4.69) is 19.1 Å². The molecule has 0 bridgehead atoms. The van der Waals surface area contributed by atoms with Gasteiger partial charge in [-0.1, -0.05) is 19.1 Å². The number of hydrogen-bond donors (Lipinski definition) is 1. The molecule has 0 saturated heterocycles. The fourth-order valence-corrected chi connectivity index (χ4v) is 1.46. The fourth-order valence-electron chi connectivity index (χ4n) is 1.46. The largest absolute Gasteiger partial charge is 0.399 e. The van der Waals surface area contributed by atoms with Gasteiger partial charge in [0.05, 0.1) is 0 Å². The SMILES string of the molecule is CCCOCCCCc1ccc(N)cc1. The van der Waals surface area contributed by atoms with E-state index in [4.69, 9.17) is 10.5 Å². The van der Waals surface area contributed by atoms with Gasteiger partial charge >= 0.3 is 0 Å². The summed E-state index contributed by atoms with van der Waals surface area (Å²) in [5, 5.41) is 0. The van der Waals surface area contributed by atoms with Crippen LogP contribution in [0.2, 0.25) is 0 Å². The lowest BCUT2D eigenvalue weighted by Crippen LogP contribution is -1.96. The van der Waals surface area contributed by atoms with Crippen LogP contribution in [0.4, 0.5) is 5.69 Å². The number of aryl methyl sites for hydroxylation is 1. The maximum absolute atomic E-state index is 5.62. The Labute approximate surface area is 92.4 Å². The van der Waals surface area contributed by atoms with Crippen LogP contribution in [-0.4, -0.2) is 13.2 Å². The van der Waals surface area contributed by atoms with Crippen molar-refractivity contribution in [2.45, 2.75) is 32.6 Å². The van der Waals surface area contributed by atoms with Crippen molar-refractivity contribution >= 4 is 5.69 Å². The van der Waals surface area contributed by atoms with Crippen LogP contribution in [0.3, 0.4) is 0 Å². The second-order valence-electron chi connectivity index (χ2n) is 3.81. The Morgan fingerprint density at radius 1 is 1.07 bits per heavy atom. The molecule has 2 N–H and O–H groups in total. The number of nitrogens with two attached hydrogens (primary N) is 1. The standard InChI is InChI=1S/C13H21NO/c1-2-10-15-11-4-3-5-12-6-8-13(14)9-7-12/h6-9H,2-5,10-11,14H2,1H3. The molecule has 1 aromatic carbocycles. The quantitative estimate of drug-likeness (QED) is 0.551. The van der Waals surface area contributed by atoms with Gasteiger partial charge in [-0.25, -0.2) is 0 Å². The minimum Gasteiger partial charge on any atom is -0.399 e. The molecule has 0 aromatic heterocycles. The summed E-state index contributed by atoms with van der Waals surface area (Å²) in [6.45, 7) is 3.92. The minimum absolute atomic E-state index is 0.838. The molecule has 0 spiro atoms. The maximum atomic E-state index is 5.62. The first-order chi connectivity index (χ1) is 7.33. The lowest BCUT2D eigenvalue weighted by atomic mass is 10.1. The van der Waals surface area contributed by atoms with Crippen molar-refractivity contribution in [2.75, 3.05) is 18.9 Å². The fraction of sp³-hybridized carbons (Fsp3) is 0.538. The molecule has 1 rings (SSSR count). The zero-order valence-electron chi connectivity index (χ0n) is 9.54. The van der Waals surface area contributed by atoms with Crippen molar-refractivity contribution in [2.24, 2.45) is 0 Å². The Morgan fingerprint density at radius 2 is 1.80 bits per heavy atom. The monoisotopic (exact) mass is 207 g/mol. The molecule has 0 atom stereocenters. The third-order valence-corrected chi connectivity index (χ3v) is 2.33. The van der Waals surface area contributed by atoms with Crippen molar-refractivity contribution in [3.63, 3.8) is 0 Å². The van der Waals surface area contributed by atoms with Gasteiger partial charge in [0.2, 0.25) is 0 Å². The highest BCUT2D eigenvalue weighted by molar-refractivity contribution is 5.39. The maximum Gasteiger partial charge on any atom is 0.0466 e. The zero-order chi connectivity index (χ0) is 10.9. The summed E-state index contributed by atoms with van der Waals surface area (Å²) < 4.78 is 5.42. The molecule has 0 heterocycles. The van der Waals surface area contributed by atoms with E-state index in [0.29, 0.717) is 0 Å². The summed E-state index contributed by atoms with van der Waals surface area (Å²) in [4.78, 5) is 0. The molecule has 0 saturated carbocycles. The number of ether oxygens (including phenoxy) is 1. The van der Waals surface area contributed by atoms with Crippen LogP contribution in [0, 0.1) is 0 Å². The molecule has 1 aromatic rings. The third kappa shape index (κ3) is 5.43. The van der Waals surface area contributed by atoms with Crippen LogP contribution in [0.25, 0.3) is 0 Å². The van der Waals surface area contributed by atoms with Crippen LogP contribution >= 0.6 is 0 Å². The average molecular weight is 207 g/mol. The van der Waals surface area contributed by atoms with E-state index in [-0.39, 0.29) is 0 Å². The van der Waals surface area contributed by atoms with Crippen molar-refractivity contribution in [3.8, 4) is 0 Å². The number of hydrogen-bond acceptors (Lipinski definition) is 2. The third-order valence-electron chi connectivity index (χ3n) is 2.33. The number of benzene rings is 1. The highest BCUT2D eigenvalue weighted by atomic mass is 16.5. The Kier molecular flexibility index (Phi) is 5.86. The molecule has 0 amide bonds. The predicted molar refractivity (Wildman–Crippen MR) is 64.9 cm³/mol. The summed E-state index contributed by atoms with van der Waals surface area (Å²) >= 11 is 0. The molecule has 0 fully saturated rings. The van der Waals surface area contributed by atoms with E-state index < -0.39 is 0 Å². The number of anilines is 1. The van der Waals surface area contributed by atoms with Crippen molar-refractivity contribution in [3.05, 3.63) is 29.8 Å². The highest BCUT2D eigenvalue weighted by Crippen LogP contribution is 2.08. The van der Waals surface area contributed by atoms with E-state index in [1.54, 1.807) is 0 Å². The topological polar surface area (TPSA) is 35.2 Å². The molecular weight excluding hydrogens is 186 g/mol. The normalized spacial score (nSPS) is 10.5. The summed E-state index contributed by atoms with van der Waals surface area (Å²) in [6, 6.07) is 8.12. The predicted octanol–water partition coefficient (Wildman–Crippen LogP) is 3.02. The van der Waals surface area contributed by atoms with Gasteiger partial charge in [0.15, 0.2) is 0 Å². The second kappa shape index (κ2) is 7.30. The van der Waals surface area contributed by atoms with E-state index in [1.807, 2.05) is 12.1 Å². The molecule has 84 valence electrons. The Hall–Kier alpha value is -1.02. The second-order valence-corrected chi connectivity index (χ2v) is 3.81. The van der Waals surface area contributed by atoms with Crippen LogP contribution in [0.15, 0.2) is 24.3 Å². The first-order valence-corrected chi connectivity index (χ1v) is 5.75. The zero-order valence-corrected chi connectivity index (χ0v) is 9.54. The van der Waals surface area contributed by atoms with Gasteiger partial charge in [0.25, 0.3) is 0 Å². The summed E-state index contributed by atoms with van der Waals surface area (Å²) in [7, 11) is 0. The van der Waals surface area contributed by atoms with Gasteiger partial charge in [0, 0.05) is 18.9 Å². The van der Waals surface area contributed by atoms with Crippen molar-refractivity contribution in [1.82, 2.24) is 0 Å². The van der Waals surface area contributed by atoms with Crippen molar-refractivity contribution < 1.29 is 4.74 Å². The van der Waals surface area contributed by atoms with Crippen LogP contribution in [0.1, 0.15) is 31.7 Å². The van der Waals surface area contributed by atoms with Crippen LogP contribution in [-0.2, 0) is 11.2 Å². The molecule has 0 radical (unpaired) electrons. The smallest absolute Gasteiger partial charge is 0.0466 e. The Balaban J connectivity index is 2.07. The number of nitrogen functional groups attached to an aromatic ring is 1. The average Bonchev–Trinajstić information content (AvgIpc) is 2.26. The van der Waals surface area contributed by atoms with Gasteiger partial charge < -0.3 is 10.5 Å².